The van der Waals surface area contributed by atoms with E-state index in [1.54, 1.807) is 0 Å². The highest BCUT2D eigenvalue weighted by Gasteiger charge is 2.52. The van der Waals surface area contributed by atoms with E-state index in [-0.39, 0.29) is 34.9 Å². The van der Waals surface area contributed by atoms with Crippen LogP contribution in [0.25, 0.3) is 22.3 Å². The van der Waals surface area contributed by atoms with E-state index in [1.807, 2.05) is 0 Å². The molecule has 45 heavy (non-hydrogen) atoms. The zero-order chi connectivity index (χ0) is 31.8. The number of anilines is 1. The van der Waals surface area contributed by atoms with E-state index in [0.717, 1.165) is 0 Å². The molecular weight excluding hydrogens is 658 g/mol. The fourth-order valence-corrected chi connectivity index (χ4v) is 8.37. The van der Waals surface area contributed by atoms with Crippen LogP contribution in [-0.4, -0.2) is 114 Å². The second-order valence-electron chi connectivity index (χ2n) is 10.7. The number of hydrogen-bond donors (Lipinski definition) is 5. The Bertz CT molecular complexity index is 2010. The van der Waals surface area contributed by atoms with E-state index < -0.39 is 80.6 Å². The summed E-state index contributed by atoms with van der Waals surface area (Å²) < 4.78 is 52.1. The van der Waals surface area contributed by atoms with Crippen molar-refractivity contribution in [3.8, 4) is 0 Å². The van der Waals surface area contributed by atoms with Crippen LogP contribution in [-0.2, 0) is 43.9 Å². The fraction of sp³-hybridized carbons (Fsp3) is 0.500. The molecule has 0 bridgehead atoms. The highest BCUT2D eigenvalue weighted by atomic mass is 32.4. The molecule has 0 radical (unpaired) electrons. The van der Waals surface area contributed by atoms with E-state index in [9.17, 15) is 24.4 Å². The lowest BCUT2D eigenvalue weighted by Gasteiger charge is -2.31. The zero-order valence-electron chi connectivity index (χ0n) is 23.4. The first-order valence-corrected chi connectivity index (χ1v) is 18.5. The number of aromatic amines is 2. The van der Waals surface area contributed by atoms with Crippen molar-refractivity contribution in [2.24, 2.45) is 0 Å². The van der Waals surface area contributed by atoms with Gasteiger partial charge in [-0.3, -0.25) is 28.3 Å². The van der Waals surface area contributed by atoms with Gasteiger partial charge in [-0.15, -0.1) is 0 Å². The third kappa shape index (κ3) is 5.51. The van der Waals surface area contributed by atoms with Crippen molar-refractivity contribution in [3.63, 3.8) is 0 Å². The Morgan fingerprint density at radius 2 is 1.49 bits per heavy atom. The molecule has 0 amide bonds. The minimum absolute atomic E-state index is 0.0323. The maximum atomic E-state index is 13.6. The molecule has 20 nitrogen and oxygen atoms in total. The van der Waals surface area contributed by atoms with Gasteiger partial charge >= 0.3 is 0 Å². The molecule has 4 aromatic heterocycles. The summed E-state index contributed by atoms with van der Waals surface area (Å²) in [6.45, 7) is -0.677. The first kappa shape index (κ1) is 30.8. The SMILES string of the molecule is BP1(=O)OCC2OC(n3cnc4c(=O)[nH]cnc43)C(O)C2OP(B)(=S)OCC2OC(n3cnc4c(=O)[nH]c(N)nc43)C(O)C2O1. The molecule has 7 heterocycles. The Balaban J connectivity index is 1.17. The van der Waals surface area contributed by atoms with Crippen LogP contribution in [0, 0.1) is 0 Å². The Morgan fingerprint density at radius 3 is 2.16 bits per heavy atom. The van der Waals surface area contributed by atoms with Gasteiger partial charge in [-0.25, -0.2) is 15.0 Å². The first-order chi connectivity index (χ1) is 21.3. The fourth-order valence-electron chi connectivity index (χ4n) is 5.53. The van der Waals surface area contributed by atoms with E-state index in [2.05, 4.69) is 29.9 Å². The predicted molar refractivity (Wildman–Crippen MR) is 161 cm³/mol. The van der Waals surface area contributed by atoms with E-state index in [4.69, 9.17) is 45.1 Å². The van der Waals surface area contributed by atoms with Gasteiger partial charge in [0, 0.05) is 0 Å². The smallest absolute Gasteiger partial charge is 0.280 e. The monoisotopic (exact) mass is 683 g/mol. The van der Waals surface area contributed by atoms with Crippen LogP contribution < -0.4 is 16.9 Å². The summed E-state index contributed by atoms with van der Waals surface area (Å²) in [5.74, 6) is -0.175. The molecular formula is C20H25B2N9O11P2S. The number of aliphatic hydroxyl groups excluding tert-OH is 2. The molecule has 0 aliphatic carbocycles. The zero-order valence-corrected chi connectivity index (χ0v) is 26.0. The summed E-state index contributed by atoms with van der Waals surface area (Å²) in [5, 5.41) is 22.7. The number of nitrogen functional groups attached to an aromatic ring is 1. The molecule has 0 saturated carbocycles. The Labute approximate surface area is 258 Å². The number of nitrogens with two attached hydrogens (primary N) is 1. The quantitative estimate of drug-likeness (QED) is 0.103. The molecule has 4 aromatic rings. The van der Waals surface area contributed by atoms with Gasteiger partial charge in [0.1, 0.15) is 43.0 Å². The number of fused-ring (bicyclic) bond motifs is 4. The number of nitrogens with zero attached hydrogens (tertiary/aromatic N) is 6. The molecule has 6 N–H and O–H groups in total. The maximum Gasteiger partial charge on any atom is 0.280 e. The summed E-state index contributed by atoms with van der Waals surface area (Å²) in [6.07, 6.45) is -9.12. The van der Waals surface area contributed by atoms with Crippen molar-refractivity contribution in [3.05, 3.63) is 39.7 Å². The minimum atomic E-state index is -3.96. The largest absolute Gasteiger partial charge is 0.386 e. The Hall–Kier alpha value is -2.81. The number of ether oxygens (including phenoxy) is 2. The lowest BCUT2D eigenvalue weighted by molar-refractivity contribution is -0.0547. The summed E-state index contributed by atoms with van der Waals surface area (Å²) in [7, 11) is -1.23. The average Bonchev–Trinajstić information content (AvgIpc) is 3.72. The van der Waals surface area contributed by atoms with Crippen LogP contribution >= 0.6 is 13.8 Å². The van der Waals surface area contributed by atoms with Crippen LogP contribution in [0.3, 0.4) is 0 Å². The number of imidazole rings is 2. The highest BCUT2D eigenvalue weighted by Crippen LogP contribution is 2.53. The standard InChI is InChI=1S/C20H25B2N9O11P2S/c21-43(36)37-1-6-13(11(33)18(39-6)30-4-26-8-14(30)24-3-25-16(8)34)42-44(22,45)38-2-7-12(41-43)10(32)19(40-7)31-5-27-9-15(31)28-20(23)29-17(9)35/h3-7,10-13,18-19,32-33H,1-2,21-22H2,(H,24,25,34)(H3,23,28,29,35). The molecule has 3 aliphatic rings. The van der Waals surface area contributed by atoms with E-state index >= 15 is 0 Å². The lowest BCUT2D eigenvalue weighted by atomic mass is 10.1. The molecule has 0 aromatic carbocycles. The van der Waals surface area contributed by atoms with Crippen LogP contribution in [0.2, 0.25) is 0 Å². The number of hydrogen-bond acceptors (Lipinski definition) is 17. The number of H-pyrrole nitrogens is 2. The van der Waals surface area contributed by atoms with Gasteiger partial charge in [0.2, 0.25) is 13.5 Å². The molecule has 3 fully saturated rings. The van der Waals surface area contributed by atoms with Crippen molar-refractivity contribution in [1.82, 2.24) is 39.0 Å². The summed E-state index contributed by atoms with van der Waals surface area (Å²) in [6, 6.07) is 0. The molecule has 3 aliphatic heterocycles. The molecule has 10 atom stereocenters. The van der Waals surface area contributed by atoms with Crippen molar-refractivity contribution in [1.29, 1.82) is 0 Å². The topological polar surface area (TPSA) is 266 Å². The average molecular weight is 683 g/mol. The third-order valence-corrected chi connectivity index (χ3v) is 10.6. The molecule has 7 rings (SSSR count). The number of aromatic nitrogens is 8. The molecule has 10 unspecified atom stereocenters. The normalized spacial score (nSPS) is 37.6. The molecule has 238 valence electrons. The van der Waals surface area contributed by atoms with Crippen LogP contribution in [0.5, 0.6) is 0 Å². The Morgan fingerprint density at radius 1 is 0.911 bits per heavy atom. The van der Waals surface area contributed by atoms with Crippen molar-refractivity contribution in [2.45, 2.75) is 49.1 Å². The van der Waals surface area contributed by atoms with Gasteiger partial charge in [-0.1, -0.05) is 0 Å². The summed E-state index contributed by atoms with van der Waals surface area (Å²) in [5.41, 5.74) is 4.82. The molecule has 25 heteroatoms. The van der Waals surface area contributed by atoms with Crippen molar-refractivity contribution in [2.75, 3.05) is 18.9 Å². The molecule has 3 saturated heterocycles. The summed E-state index contributed by atoms with van der Waals surface area (Å²) >= 11 is 5.66. The predicted octanol–water partition coefficient (Wildman–Crippen LogP) is -3.23. The van der Waals surface area contributed by atoms with Crippen molar-refractivity contribution < 1.29 is 42.3 Å². The third-order valence-electron chi connectivity index (χ3n) is 7.56. The van der Waals surface area contributed by atoms with Gasteiger partial charge in [0.05, 0.1) is 32.2 Å². The van der Waals surface area contributed by atoms with Gasteiger partial charge in [-0.05, 0) is 11.8 Å². The second kappa shape index (κ2) is 11.2. The van der Waals surface area contributed by atoms with Crippen LogP contribution in [0.15, 0.2) is 28.6 Å². The highest BCUT2D eigenvalue weighted by molar-refractivity contribution is 8.21. The lowest BCUT2D eigenvalue weighted by Crippen LogP contribution is -2.39. The Kier molecular flexibility index (Phi) is 7.65. The van der Waals surface area contributed by atoms with E-state index in [1.165, 1.54) is 43.2 Å². The maximum absolute atomic E-state index is 13.6. The number of rotatable bonds is 2. The van der Waals surface area contributed by atoms with Crippen molar-refractivity contribution >= 4 is 69.1 Å². The molecule has 0 spiro atoms. The minimum Gasteiger partial charge on any atom is -0.386 e. The van der Waals surface area contributed by atoms with Crippen LogP contribution in [0.4, 0.5) is 5.95 Å². The number of aliphatic hydroxyl groups is 2. The second-order valence-corrected chi connectivity index (χ2v) is 16.7. The number of nitrogens with one attached hydrogen (secondary N) is 2. The van der Waals surface area contributed by atoms with Gasteiger partial charge < -0.3 is 48.5 Å². The first-order valence-electron chi connectivity index (χ1n) is 13.4. The van der Waals surface area contributed by atoms with E-state index in [0.29, 0.717) is 0 Å². The summed E-state index contributed by atoms with van der Waals surface area (Å²) in [4.78, 5) is 45.6. The van der Waals surface area contributed by atoms with Gasteiger partial charge in [0.25, 0.3) is 26.2 Å². The van der Waals surface area contributed by atoms with Gasteiger partial charge in [0.15, 0.2) is 34.8 Å². The van der Waals surface area contributed by atoms with Gasteiger partial charge in [-0.2, -0.15) is 4.98 Å². The van der Waals surface area contributed by atoms with Crippen LogP contribution in [0.1, 0.15) is 12.5 Å².